The van der Waals surface area contributed by atoms with Crippen molar-refractivity contribution < 1.29 is 9.21 Å². The van der Waals surface area contributed by atoms with Gasteiger partial charge in [0.1, 0.15) is 11.5 Å². The first-order valence-corrected chi connectivity index (χ1v) is 6.47. The lowest BCUT2D eigenvalue weighted by Crippen LogP contribution is -2.06. The zero-order valence-electron chi connectivity index (χ0n) is 10.6. The molecule has 0 aliphatic rings. The fourth-order valence-corrected chi connectivity index (χ4v) is 2.44. The Hall–Kier alpha value is -1.42. The maximum Gasteiger partial charge on any atom is 0.171 e. The highest BCUT2D eigenvalue weighted by Gasteiger charge is 2.18. The van der Waals surface area contributed by atoms with Crippen molar-refractivity contribution in [3.63, 3.8) is 0 Å². The topological polar surface area (TPSA) is 43.1 Å². The Morgan fingerprint density at radius 3 is 2.56 bits per heavy atom. The summed E-state index contributed by atoms with van der Waals surface area (Å²) in [6.45, 7) is 5.62. The van der Waals surface area contributed by atoms with E-state index in [1.54, 1.807) is 12.4 Å². The molecule has 18 heavy (non-hydrogen) atoms. The van der Waals surface area contributed by atoms with Crippen LogP contribution in [0.5, 0.6) is 0 Å². The van der Waals surface area contributed by atoms with E-state index in [0.717, 1.165) is 21.4 Å². The molecule has 2 aromatic heterocycles. The van der Waals surface area contributed by atoms with Crippen LogP contribution in [0, 0.1) is 20.8 Å². The standard InChI is InChI=1S/C14H14BrNO2/c1-8-9(2)18-10(3)14(8)13(17)5-11-4-12(15)7-16-6-11/h4,6-7H,5H2,1-3H3. The van der Waals surface area contributed by atoms with Gasteiger partial charge in [-0.15, -0.1) is 0 Å². The lowest BCUT2D eigenvalue weighted by atomic mass is 10.0. The molecule has 2 heterocycles. The molecule has 2 aromatic rings. The molecule has 0 aromatic carbocycles. The molecule has 0 N–H and O–H groups in total. The number of Topliss-reactive ketones (excluding diaryl/α,β-unsaturated/α-hetero) is 1. The van der Waals surface area contributed by atoms with Crippen molar-refractivity contribution in [3.05, 3.63) is 51.1 Å². The molecule has 0 amide bonds. The van der Waals surface area contributed by atoms with E-state index in [4.69, 9.17) is 4.42 Å². The third-order valence-electron chi connectivity index (χ3n) is 2.97. The molecule has 0 saturated heterocycles. The number of halogens is 1. The number of hydrogen-bond donors (Lipinski definition) is 0. The second kappa shape index (κ2) is 5.06. The van der Waals surface area contributed by atoms with Crippen LogP contribution in [0.4, 0.5) is 0 Å². The van der Waals surface area contributed by atoms with Crippen LogP contribution < -0.4 is 0 Å². The fourth-order valence-electron chi connectivity index (χ4n) is 2.03. The number of furan rings is 1. The van der Waals surface area contributed by atoms with Crippen molar-refractivity contribution in [1.82, 2.24) is 4.98 Å². The van der Waals surface area contributed by atoms with E-state index in [1.165, 1.54) is 0 Å². The minimum atomic E-state index is 0.0711. The maximum absolute atomic E-state index is 12.3. The van der Waals surface area contributed by atoms with E-state index in [-0.39, 0.29) is 5.78 Å². The Morgan fingerprint density at radius 2 is 2.00 bits per heavy atom. The molecule has 0 atom stereocenters. The molecular formula is C14H14BrNO2. The van der Waals surface area contributed by atoms with Gasteiger partial charge in [0.2, 0.25) is 0 Å². The number of hydrogen-bond acceptors (Lipinski definition) is 3. The summed E-state index contributed by atoms with van der Waals surface area (Å²) < 4.78 is 6.36. The zero-order valence-corrected chi connectivity index (χ0v) is 12.2. The summed E-state index contributed by atoms with van der Waals surface area (Å²) in [5, 5.41) is 0. The normalized spacial score (nSPS) is 10.7. The predicted octanol–water partition coefficient (Wildman–Crippen LogP) is 3.79. The van der Waals surface area contributed by atoms with Gasteiger partial charge >= 0.3 is 0 Å². The molecular weight excluding hydrogens is 294 g/mol. The predicted molar refractivity (Wildman–Crippen MR) is 72.9 cm³/mol. The second-order valence-electron chi connectivity index (χ2n) is 4.33. The van der Waals surface area contributed by atoms with Gasteiger partial charge in [-0.25, -0.2) is 0 Å². The number of rotatable bonds is 3. The van der Waals surface area contributed by atoms with E-state index < -0.39 is 0 Å². The first-order valence-electron chi connectivity index (χ1n) is 5.68. The van der Waals surface area contributed by atoms with Crippen molar-refractivity contribution in [2.24, 2.45) is 0 Å². The Balaban J connectivity index is 2.27. The van der Waals surface area contributed by atoms with Crippen molar-refractivity contribution in [1.29, 1.82) is 0 Å². The summed E-state index contributed by atoms with van der Waals surface area (Å²) >= 11 is 3.35. The van der Waals surface area contributed by atoms with Crippen LogP contribution in [-0.2, 0) is 6.42 Å². The molecule has 0 aliphatic carbocycles. The Labute approximate surface area is 114 Å². The number of ketones is 1. The van der Waals surface area contributed by atoms with Gasteiger partial charge in [-0.3, -0.25) is 9.78 Å². The minimum Gasteiger partial charge on any atom is -0.466 e. The van der Waals surface area contributed by atoms with E-state index in [0.29, 0.717) is 17.7 Å². The lowest BCUT2D eigenvalue weighted by molar-refractivity contribution is 0.0991. The number of aryl methyl sites for hydroxylation is 2. The summed E-state index contributed by atoms with van der Waals surface area (Å²) in [5.74, 6) is 1.57. The van der Waals surface area contributed by atoms with Gasteiger partial charge in [0.05, 0.1) is 5.56 Å². The number of nitrogens with zero attached hydrogens (tertiary/aromatic N) is 1. The molecule has 4 heteroatoms. The zero-order chi connectivity index (χ0) is 13.3. The van der Waals surface area contributed by atoms with E-state index >= 15 is 0 Å². The first kappa shape index (κ1) is 13.0. The highest BCUT2D eigenvalue weighted by molar-refractivity contribution is 9.10. The molecule has 0 aliphatic heterocycles. The second-order valence-corrected chi connectivity index (χ2v) is 5.24. The van der Waals surface area contributed by atoms with Gasteiger partial charge in [-0.2, -0.15) is 0 Å². The van der Waals surface area contributed by atoms with E-state index in [9.17, 15) is 4.79 Å². The molecule has 0 radical (unpaired) electrons. The van der Waals surface area contributed by atoms with Gasteiger partial charge in [0.25, 0.3) is 0 Å². The summed E-state index contributed by atoms with van der Waals surface area (Å²) in [5.41, 5.74) is 2.53. The Morgan fingerprint density at radius 1 is 1.28 bits per heavy atom. The molecule has 3 nitrogen and oxygen atoms in total. The molecule has 0 bridgehead atoms. The average Bonchev–Trinajstić information content (AvgIpc) is 2.53. The van der Waals surface area contributed by atoms with Gasteiger partial charge in [-0.1, -0.05) is 0 Å². The molecule has 94 valence electrons. The summed E-state index contributed by atoms with van der Waals surface area (Å²) in [4.78, 5) is 16.3. The van der Waals surface area contributed by atoms with Gasteiger partial charge in [0, 0.05) is 28.9 Å². The van der Waals surface area contributed by atoms with Crippen molar-refractivity contribution in [2.75, 3.05) is 0 Å². The monoisotopic (exact) mass is 307 g/mol. The molecule has 0 saturated carbocycles. The first-order chi connectivity index (χ1) is 8.49. The van der Waals surface area contributed by atoms with Crippen LogP contribution in [-0.4, -0.2) is 10.8 Å². The molecule has 0 unspecified atom stereocenters. The van der Waals surface area contributed by atoms with Crippen molar-refractivity contribution in [2.45, 2.75) is 27.2 Å². The third-order valence-corrected chi connectivity index (χ3v) is 3.40. The van der Waals surface area contributed by atoms with Crippen LogP contribution in [0.25, 0.3) is 0 Å². The van der Waals surface area contributed by atoms with Crippen LogP contribution in [0.2, 0.25) is 0 Å². The molecule has 0 fully saturated rings. The van der Waals surface area contributed by atoms with E-state index in [1.807, 2.05) is 26.8 Å². The Kier molecular flexibility index (Phi) is 3.66. The average molecular weight is 308 g/mol. The summed E-state index contributed by atoms with van der Waals surface area (Å²) in [7, 11) is 0. The highest BCUT2D eigenvalue weighted by atomic mass is 79.9. The smallest absolute Gasteiger partial charge is 0.171 e. The Bertz CT molecular complexity index is 602. The largest absolute Gasteiger partial charge is 0.466 e. The van der Waals surface area contributed by atoms with Crippen molar-refractivity contribution >= 4 is 21.7 Å². The fraction of sp³-hybridized carbons (Fsp3) is 0.286. The van der Waals surface area contributed by atoms with Gasteiger partial charge in [0.15, 0.2) is 5.78 Å². The lowest BCUT2D eigenvalue weighted by Gasteiger charge is -2.02. The van der Waals surface area contributed by atoms with Crippen LogP contribution in [0.1, 0.15) is 33.0 Å². The van der Waals surface area contributed by atoms with Gasteiger partial charge < -0.3 is 4.42 Å². The minimum absolute atomic E-state index is 0.0711. The highest BCUT2D eigenvalue weighted by Crippen LogP contribution is 2.22. The maximum atomic E-state index is 12.3. The number of pyridine rings is 1. The van der Waals surface area contributed by atoms with Crippen LogP contribution in [0.15, 0.2) is 27.3 Å². The third kappa shape index (κ3) is 2.53. The molecule has 0 spiro atoms. The van der Waals surface area contributed by atoms with Crippen LogP contribution in [0.3, 0.4) is 0 Å². The number of carbonyl (C=O) groups is 1. The summed E-state index contributed by atoms with van der Waals surface area (Å²) in [6, 6.07) is 1.91. The van der Waals surface area contributed by atoms with Gasteiger partial charge in [-0.05, 0) is 48.3 Å². The quantitative estimate of drug-likeness (QED) is 0.810. The van der Waals surface area contributed by atoms with Crippen LogP contribution >= 0.6 is 15.9 Å². The number of aromatic nitrogens is 1. The van der Waals surface area contributed by atoms with Crippen molar-refractivity contribution in [3.8, 4) is 0 Å². The summed E-state index contributed by atoms with van der Waals surface area (Å²) in [6.07, 6.45) is 3.75. The number of carbonyl (C=O) groups excluding carboxylic acids is 1. The molecule has 2 rings (SSSR count). The van der Waals surface area contributed by atoms with E-state index in [2.05, 4.69) is 20.9 Å². The SMILES string of the molecule is Cc1oc(C)c(C(=O)Cc2cncc(Br)c2)c1C.